The molecule has 1 aliphatic carbocycles. The van der Waals surface area contributed by atoms with Gasteiger partial charge in [0.1, 0.15) is 0 Å². The summed E-state index contributed by atoms with van der Waals surface area (Å²) in [5.41, 5.74) is 22.3. The van der Waals surface area contributed by atoms with Gasteiger partial charge in [-0.05, 0) is 196 Å². The predicted molar refractivity (Wildman–Crippen MR) is 374 cm³/mol. The number of anilines is 6. The second kappa shape index (κ2) is 20.5. The van der Waals surface area contributed by atoms with Gasteiger partial charge in [-0.3, -0.25) is 0 Å². The van der Waals surface area contributed by atoms with Crippen molar-refractivity contribution in [2.24, 2.45) is 0 Å². The van der Waals surface area contributed by atoms with Gasteiger partial charge in [0.25, 0.3) is 0 Å². The van der Waals surface area contributed by atoms with Crippen LogP contribution in [0.3, 0.4) is 0 Å². The molecular formula is C85H59N3. The van der Waals surface area contributed by atoms with Crippen LogP contribution in [0.1, 0.15) is 25.0 Å². The first-order valence-electron chi connectivity index (χ1n) is 30.6. The highest BCUT2D eigenvalue weighted by Crippen LogP contribution is 2.53. The molecule has 16 aromatic rings. The fourth-order valence-corrected chi connectivity index (χ4v) is 14.4. The Morgan fingerprint density at radius 2 is 0.648 bits per heavy atom. The van der Waals surface area contributed by atoms with Gasteiger partial charge < -0.3 is 14.4 Å². The number of nitrogens with zero attached hydrogens (tertiary/aromatic N) is 3. The van der Waals surface area contributed by atoms with E-state index in [1.165, 1.54) is 121 Å². The van der Waals surface area contributed by atoms with E-state index >= 15 is 0 Å². The third-order valence-corrected chi connectivity index (χ3v) is 18.7. The van der Waals surface area contributed by atoms with Crippen LogP contribution in [-0.4, -0.2) is 4.57 Å². The zero-order valence-corrected chi connectivity index (χ0v) is 48.9. The van der Waals surface area contributed by atoms with Crippen LogP contribution in [-0.2, 0) is 5.41 Å². The predicted octanol–water partition coefficient (Wildman–Crippen LogP) is 23.6. The molecule has 0 fully saturated rings. The van der Waals surface area contributed by atoms with E-state index in [9.17, 15) is 0 Å². The maximum absolute atomic E-state index is 2.45. The van der Waals surface area contributed by atoms with Crippen molar-refractivity contribution < 1.29 is 0 Å². The van der Waals surface area contributed by atoms with Crippen LogP contribution in [0.5, 0.6) is 0 Å². The minimum Gasteiger partial charge on any atom is -0.310 e. The van der Waals surface area contributed by atoms with E-state index in [2.05, 4.69) is 350 Å². The Balaban J connectivity index is 0.738. The van der Waals surface area contributed by atoms with Crippen LogP contribution in [0.15, 0.2) is 322 Å². The van der Waals surface area contributed by atoms with Crippen molar-refractivity contribution in [2.75, 3.05) is 9.80 Å². The Morgan fingerprint density at radius 1 is 0.250 bits per heavy atom. The van der Waals surface area contributed by atoms with Crippen molar-refractivity contribution >= 4 is 99.0 Å². The van der Waals surface area contributed by atoms with Gasteiger partial charge in [-0.25, -0.2) is 0 Å². The molecule has 414 valence electrons. The summed E-state index contributed by atoms with van der Waals surface area (Å²) in [4.78, 5) is 4.86. The van der Waals surface area contributed by atoms with Gasteiger partial charge in [0.05, 0.1) is 16.7 Å². The summed E-state index contributed by atoms with van der Waals surface area (Å²) < 4.78 is 2.37. The van der Waals surface area contributed by atoms with Crippen LogP contribution >= 0.6 is 0 Å². The maximum Gasteiger partial charge on any atom is 0.0541 e. The average Bonchev–Trinajstić information content (AvgIpc) is 1.61. The Hall–Kier alpha value is -11.3. The highest BCUT2D eigenvalue weighted by molar-refractivity contribution is 6.26. The molecule has 88 heavy (non-hydrogen) atoms. The van der Waals surface area contributed by atoms with Crippen LogP contribution < -0.4 is 9.80 Å². The molecule has 0 unspecified atom stereocenters. The van der Waals surface area contributed by atoms with Gasteiger partial charge in [-0.15, -0.1) is 0 Å². The Kier molecular flexibility index (Phi) is 11.9. The van der Waals surface area contributed by atoms with Crippen molar-refractivity contribution in [3.05, 3.63) is 333 Å². The number of benzene rings is 15. The van der Waals surface area contributed by atoms with E-state index in [0.717, 1.165) is 39.7 Å². The minimum absolute atomic E-state index is 0.304. The van der Waals surface area contributed by atoms with Crippen molar-refractivity contribution in [2.45, 2.75) is 19.3 Å². The van der Waals surface area contributed by atoms with Gasteiger partial charge >= 0.3 is 0 Å². The first-order chi connectivity index (χ1) is 43.4. The summed E-state index contributed by atoms with van der Waals surface area (Å²) in [6.07, 6.45) is 0. The molecule has 0 amide bonds. The molecule has 0 N–H and O–H groups in total. The summed E-state index contributed by atoms with van der Waals surface area (Å²) in [7, 11) is 0. The van der Waals surface area contributed by atoms with Gasteiger partial charge in [0, 0.05) is 55.7 Å². The largest absolute Gasteiger partial charge is 0.310 e. The van der Waals surface area contributed by atoms with E-state index in [-0.39, 0.29) is 5.41 Å². The molecule has 0 aliphatic heterocycles. The lowest BCUT2D eigenvalue weighted by molar-refractivity contribution is 0.660. The Labute approximate surface area is 512 Å². The van der Waals surface area contributed by atoms with E-state index in [1.54, 1.807) is 0 Å². The molecule has 1 heterocycles. The summed E-state index contributed by atoms with van der Waals surface area (Å²) in [6, 6.07) is 119. The van der Waals surface area contributed by atoms with E-state index in [0.29, 0.717) is 0 Å². The summed E-state index contributed by atoms with van der Waals surface area (Å²) in [5.74, 6) is 0. The second-order valence-corrected chi connectivity index (χ2v) is 24.0. The number of fused-ring (bicyclic) bond motifs is 13. The topological polar surface area (TPSA) is 11.4 Å². The standard InChI is InChI=1S/C85H59N3/c1-85(2)80-54-67(46-49-75(80)76-50-47-68(55-81(76)85)87(63-20-5-3-6-21-63)82-31-17-19-60-18-9-10-24-69(60)82)86(66-44-38-59(39-45-66)61-40-48-74-72-27-12-11-25-70(72)71-26-13-14-28-73(71)78(74)52-61)65-42-36-57(37-43-65)56-32-34-58(35-33-56)62-41-51-84-79(53-62)77-29-15-16-30-83(77)88(84)64-22-7-4-8-23-64/h3-55H,1-2H3. The fraction of sp³-hybridized carbons (Fsp3) is 0.0353. The van der Waals surface area contributed by atoms with Gasteiger partial charge in [0.15, 0.2) is 0 Å². The van der Waals surface area contributed by atoms with Gasteiger partial charge in [-0.1, -0.05) is 232 Å². The number of aromatic nitrogens is 1. The second-order valence-electron chi connectivity index (χ2n) is 24.0. The minimum atomic E-state index is -0.304. The third kappa shape index (κ3) is 8.34. The zero-order chi connectivity index (χ0) is 58.5. The van der Waals surface area contributed by atoms with Gasteiger partial charge in [-0.2, -0.15) is 0 Å². The van der Waals surface area contributed by atoms with E-state index in [1.807, 2.05) is 0 Å². The Bertz CT molecular complexity index is 5350. The molecule has 3 nitrogen and oxygen atoms in total. The number of hydrogen-bond acceptors (Lipinski definition) is 2. The lowest BCUT2D eigenvalue weighted by atomic mass is 9.82. The van der Waals surface area contributed by atoms with Crippen molar-refractivity contribution in [1.29, 1.82) is 0 Å². The summed E-state index contributed by atoms with van der Waals surface area (Å²) in [5, 5.41) is 12.6. The summed E-state index contributed by atoms with van der Waals surface area (Å²) in [6.45, 7) is 4.79. The van der Waals surface area contributed by atoms with E-state index in [4.69, 9.17) is 0 Å². The van der Waals surface area contributed by atoms with Crippen molar-refractivity contribution in [3.8, 4) is 50.2 Å². The van der Waals surface area contributed by atoms with Crippen molar-refractivity contribution in [3.63, 3.8) is 0 Å². The molecule has 17 rings (SSSR count). The molecule has 0 saturated heterocycles. The number of para-hydroxylation sites is 3. The first kappa shape index (κ1) is 51.2. The maximum atomic E-state index is 2.45. The van der Waals surface area contributed by atoms with Crippen LogP contribution in [0, 0.1) is 0 Å². The lowest BCUT2D eigenvalue weighted by Gasteiger charge is -2.29. The lowest BCUT2D eigenvalue weighted by Crippen LogP contribution is -2.17. The third-order valence-electron chi connectivity index (χ3n) is 18.7. The smallest absolute Gasteiger partial charge is 0.0541 e. The molecule has 0 atom stereocenters. The molecular weight excluding hydrogens is 1060 g/mol. The molecule has 0 saturated carbocycles. The molecule has 3 heteroatoms. The van der Waals surface area contributed by atoms with Gasteiger partial charge in [0.2, 0.25) is 0 Å². The fourth-order valence-electron chi connectivity index (χ4n) is 14.4. The van der Waals surface area contributed by atoms with Crippen LogP contribution in [0.25, 0.3) is 115 Å². The molecule has 0 radical (unpaired) electrons. The van der Waals surface area contributed by atoms with E-state index < -0.39 is 0 Å². The summed E-state index contributed by atoms with van der Waals surface area (Å²) >= 11 is 0. The molecule has 1 aromatic heterocycles. The normalized spacial score (nSPS) is 12.5. The van der Waals surface area contributed by atoms with Crippen LogP contribution in [0.4, 0.5) is 34.1 Å². The highest BCUT2D eigenvalue weighted by atomic mass is 15.1. The SMILES string of the molecule is CC1(C)c2cc(N(c3ccc(-c4ccc(-c5ccc6c(c5)c5ccccc5n6-c5ccccc5)cc4)cc3)c3ccc(-c4ccc5c6ccccc6c6ccccc6c5c4)cc3)ccc2-c2ccc(N(c3ccccc3)c3cccc4ccccc34)cc21. The Morgan fingerprint density at radius 3 is 1.25 bits per heavy atom. The molecule has 1 aliphatic rings. The number of rotatable bonds is 10. The zero-order valence-electron chi connectivity index (χ0n) is 48.9. The molecule has 15 aromatic carbocycles. The molecule has 0 bridgehead atoms. The van der Waals surface area contributed by atoms with Crippen molar-refractivity contribution in [1.82, 2.24) is 4.57 Å². The first-order valence-corrected chi connectivity index (χ1v) is 30.6. The quantitative estimate of drug-likeness (QED) is 0.126. The van der Waals surface area contributed by atoms with Crippen LogP contribution in [0.2, 0.25) is 0 Å². The number of hydrogen-bond donors (Lipinski definition) is 0. The average molecular weight is 1120 g/mol. The molecule has 0 spiro atoms. The highest BCUT2D eigenvalue weighted by Gasteiger charge is 2.37. The monoisotopic (exact) mass is 1120 g/mol.